The maximum atomic E-state index is 9.71. The molecule has 3 aromatic rings. The number of hydrogen-bond acceptors (Lipinski definition) is 4. The van der Waals surface area contributed by atoms with E-state index in [1.807, 2.05) is 67.1 Å². The number of hydrogen-bond donors (Lipinski definition) is 1. The van der Waals surface area contributed by atoms with E-state index in [1.54, 1.807) is 7.11 Å². The van der Waals surface area contributed by atoms with Crippen molar-refractivity contribution in [2.24, 2.45) is 7.05 Å². The highest BCUT2D eigenvalue weighted by Crippen LogP contribution is 2.34. The van der Waals surface area contributed by atoms with Crippen molar-refractivity contribution in [3.8, 4) is 29.1 Å². The van der Waals surface area contributed by atoms with Crippen LogP contribution in [0.25, 0.3) is 22.2 Å². The van der Waals surface area contributed by atoms with Gasteiger partial charge >= 0.3 is 0 Å². The van der Waals surface area contributed by atoms with Crippen molar-refractivity contribution < 1.29 is 4.74 Å². The summed E-state index contributed by atoms with van der Waals surface area (Å²) < 4.78 is 7.32. The van der Waals surface area contributed by atoms with Crippen LogP contribution in [0.2, 0.25) is 0 Å². The Morgan fingerprint density at radius 1 is 1.15 bits per heavy atom. The molecule has 0 unspecified atom stereocenters. The van der Waals surface area contributed by atoms with E-state index in [-0.39, 0.29) is 0 Å². The standard InChI is InChI=1S/C21H18N4O/c1-14(10-11-22)24-16-6-4-15(5-7-16)21-19(13-23)18-9-8-17(26-3)12-20(18)25(21)2/h4-10,12,24H,1-3H3/b14-10+. The molecular formula is C21H18N4O. The van der Waals surface area contributed by atoms with E-state index in [2.05, 4.69) is 11.4 Å². The van der Waals surface area contributed by atoms with Crippen LogP contribution in [-0.4, -0.2) is 11.7 Å². The number of aromatic nitrogens is 1. The minimum atomic E-state index is 0.645. The second-order valence-corrected chi connectivity index (χ2v) is 5.94. The number of methoxy groups -OCH3 is 1. The molecule has 1 heterocycles. The average molecular weight is 342 g/mol. The lowest BCUT2D eigenvalue weighted by atomic mass is 10.1. The fraction of sp³-hybridized carbons (Fsp3) is 0.143. The molecule has 0 saturated carbocycles. The van der Waals surface area contributed by atoms with Crippen LogP contribution in [0.15, 0.2) is 54.2 Å². The van der Waals surface area contributed by atoms with E-state index in [0.717, 1.165) is 39.3 Å². The summed E-state index contributed by atoms with van der Waals surface area (Å²) in [7, 11) is 3.58. The highest BCUT2D eigenvalue weighted by molar-refractivity contribution is 5.95. The molecule has 2 aromatic carbocycles. The van der Waals surface area contributed by atoms with Gasteiger partial charge in [-0.2, -0.15) is 10.5 Å². The fourth-order valence-electron chi connectivity index (χ4n) is 3.07. The quantitative estimate of drug-likeness (QED) is 0.705. The summed E-state index contributed by atoms with van der Waals surface area (Å²) in [6, 6.07) is 17.9. The third-order valence-corrected chi connectivity index (χ3v) is 4.30. The Hall–Kier alpha value is -3.70. The first-order chi connectivity index (χ1) is 12.6. The second-order valence-electron chi connectivity index (χ2n) is 5.94. The molecule has 0 aliphatic carbocycles. The Balaban J connectivity index is 2.08. The van der Waals surface area contributed by atoms with Crippen molar-refractivity contribution in [2.75, 3.05) is 12.4 Å². The second kappa shape index (κ2) is 7.04. The predicted octanol–water partition coefficient (Wildman–Crippen LogP) is 4.56. The van der Waals surface area contributed by atoms with Crippen molar-refractivity contribution in [3.05, 3.63) is 59.8 Å². The number of benzene rings is 2. The minimum absolute atomic E-state index is 0.645. The van der Waals surface area contributed by atoms with Crippen LogP contribution in [-0.2, 0) is 7.05 Å². The molecule has 0 radical (unpaired) electrons. The molecule has 0 aliphatic rings. The number of fused-ring (bicyclic) bond motifs is 1. The molecule has 128 valence electrons. The Labute approximate surface area is 152 Å². The van der Waals surface area contributed by atoms with E-state index in [4.69, 9.17) is 10.00 Å². The predicted molar refractivity (Wildman–Crippen MR) is 103 cm³/mol. The van der Waals surface area contributed by atoms with Crippen molar-refractivity contribution in [1.82, 2.24) is 4.57 Å². The Kier molecular flexibility index (Phi) is 4.64. The number of allylic oxidation sites excluding steroid dienone is 2. The maximum absolute atomic E-state index is 9.71. The fourth-order valence-corrected chi connectivity index (χ4v) is 3.07. The lowest BCUT2D eigenvalue weighted by Crippen LogP contribution is -1.96. The van der Waals surface area contributed by atoms with E-state index in [9.17, 15) is 5.26 Å². The number of nitrogens with zero attached hydrogens (tertiary/aromatic N) is 3. The summed E-state index contributed by atoms with van der Waals surface area (Å²) in [5, 5.41) is 22.5. The van der Waals surface area contributed by atoms with Gasteiger partial charge in [-0.1, -0.05) is 12.1 Å². The first-order valence-electron chi connectivity index (χ1n) is 8.09. The van der Waals surface area contributed by atoms with Crippen LogP contribution in [0.1, 0.15) is 12.5 Å². The van der Waals surface area contributed by atoms with Gasteiger partial charge in [0.05, 0.1) is 30.0 Å². The Bertz CT molecular complexity index is 1080. The smallest absolute Gasteiger partial charge is 0.120 e. The third kappa shape index (κ3) is 2.99. The van der Waals surface area contributed by atoms with Gasteiger partial charge < -0.3 is 14.6 Å². The minimum Gasteiger partial charge on any atom is -0.497 e. The molecule has 0 aliphatic heterocycles. The Morgan fingerprint density at radius 3 is 2.50 bits per heavy atom. The summed E-state index contributed by atoms with van der Waals surface area (Å²) in [6.45, 7) is 1.84. The molecule has 0 fully saturated rings. The number of nitrogens with one attached hydrogen (secondary N) is 1. The van der Waals surface area contributed by atoms with Crippen LogP contribution >= 0.6 is 0 Å². The van der Waals surface area contributed by atoms with E-state index >= 15 is 0 Å². The molecule has 26 heavy (non-hydrogen) atoms. The van der Waals surface area contributed by atoms with Crippen LogP contribution in [0.5, 0.6) is 5.75 Å². The molecule has 0 saturated heterocycles. The molecule has 0 atom stereocenters. The SMILES string of the molecule is COc1ccc2c(C#N)c(-c3ccc(N/C(C)=C/C#N)cc3)n(C)c2c1. The normalized spacial score (nSPS) is 11.0. The Morgan fingerprint density at radius 2 is 1.88 bits per heavy atom. The molecular weight excluding hydrogens is 324 g/mol. The summed E-state index contributed by atoms with van der Waals surface area (Å²) in [5.74, 6) is 0.758. The van der Waals surface area contributed by atoms with Crippen molar-refractivity contribution in [2.45, 2.75) is 6.92 Å². The van der Waals surface area contributed by atoms with Crippen LogP contribution < -0.4 is 10.1 Å². The summed E-state index contributed by atoms with van der Waals surface area (Å²) in [6.07, 6.45) is 1.46. The molecule has 5 nitrogen and oxygen atoms in total. The zero-order chi connectivity index (χ0) is 18.7. The molecule has 0 spiro atoms. The number of ether oxygens (including phenoxy) is 1. The highest BCUT2D eigenvalue weighted by atomic mass is 16.5. The third-order valence-electron chi connectivity index (χ3n) is 4.30. The van der Waals surface area contributed by atoms with Crippen LogP contribution in [0.4, 0.5) is 5.69 Å². The summed E-state index contributed by atoms with van der Waals surface area (Å²) >= 11 is 0. The molecule has 0 amide bonds. The van der Waals surface area contributed by atoms with Gasteiger partial charge in [0.1, 0.15) is 11.8 Å². The lowest BCUT2D eigenvalue weighted by Gasteiger charge is -2.09. The number of rotatable bonds is 4. The monoisotopic (exact) mass is 342 g/mol. The molecule has 1 aromatic heterocycles. The number of anilines is 1. The van der Waals surface area contributed by atoms with Gasteiger partial charge in [0, 0.05) is 36.0 Å². The van der Waals surface area contributed by atoms with Crippen LogP contribution in [0, 0.1) is 22.7 Å². The van der Waals surface area contributed by atoms with Gasteiger partial charge in [0.25, 0.3) is 0 Å². The summed E-state index contributed by atoms with van der Waals surface area (Å²) in [5.41, 5.74) is 5.07. The van der Waals surface area contributed by atoms with Gasteiger partial charge in [0.2, 0.25) is 0 Å². The van der Waals surface area contributed by atoms with Gasteiger partial charge in [0.15, 0.2) is 0 Å². The maximum Gasteiger partial charge on any atom is 0.120 e. The van der Waals surface area contributed by atoms with E-state index in [0.29, 0.717) is 5.56 Å². The zero-order valence-electron chi connectivity index (χ0n) is 14.9. The summed E-state index contributed by atoms with van der Waals surface area (Å²) in [4.78, 5) is 0. The average Bonchev–Trinajstić information content (AvgIpc) is 2.94. The largest absolute Gasteiger partial charge is 0.497 e. The first kappa shape index (κ1) is 17.1. The molecule has 0 bridgehead atoms. The van der Waals surface area contributed by atoms with Crippen molar-refractivity contribution in [3.63, 3.8) is 0 Å². The van der Waals surface area contributed by atoms with E-state index < -0.39 is 0 Å². The highest BCUT2D eigenvalue weighted by Gasteiger charge is 2.17. The van der Waals surface area contributed by atoms with Gasteiger partial charge in [-0.15, -0.1) is 0 Å². The number of nitriles is 2. The zero-order valence-corrected chi connectivity index (χ0v) is 14.9. The molecule has 1 N–H and O–H groups in total. The van der Waals surface area contributed by atoms with Crippen molar-refractivity contribution >= 4 is 16.6 Å². The lowest BCUT2D eigenvalue weighted by molar-refractivity contribution is 0.415. The van der Waals surface area contributed by atoms with Crippen LogP contribution in [0.3, 0.4) is 0 Å². The number of aryl methyl sites for hydroxylation is 1. The van der Waals surface area contributed by atoms with Gasteiger partial charge in [-0.05, 0) is 36.8 Å². The molecule has 3 rings (SSSR count). The molecule has 5 heteroatoms. The van der Waals surface area contributed by atoms with E-state index in [1.165, 1.54) is 6.08 Å². The topological polar surface area (TPSA) is 73.8 Å². The van der Waals surface area contributed by atoms with Crippen molar-refractivity contribution in [1.29, 1.82) is 10.5 Å². The first-order valence-corrected chi connectivity index (χ1v) is 8.09. The van der Waals surface area contributed by atoms with Gasteiger partial charge in [-0.25, -0.2) is 0 Å². The van der Waals surface area contributed by atoms with Gasteiger partial charge in [-0.3, -0.25) is 0 Å².